The van der Waals surface area contributed by atoms with Crippen LogP contribution in [0.3, 0.4) is 0 Å². The molecular formula is C13H24N2OS. The van der Waals surface area contributed by atoms with Gasteiger partial charge in [-0.1, -0.05) is 0 Å². The van der Waals surface area contributed by atoms with Crippen LogP contribution in [0.1, 0.15) is 30.3 Å². The van der Waals surface area contributed by atoms with Crippen molar-refractivity contribution in [1.29, 1.82) is 0 Å². The Bertz CT molecular complexity index is 347. The Morgan fingerprint density at radius 3 is 2.65 bits per heavy atom. The van der Waals surface area contributed by atoms with Crippen LogP contribution in [0.5, 0.6) is 0 Å². The maximum absolute atomic E-state index is 10.2. The number of hydrogen-bond acceptors (Lipinski definition) is 4. The molecule has 0 fully saturated rings. The summed E-state index contributed by atoms with van der Waals surface area (Å²) in [6.45, 7) is 7.40. The van der Waals surface area contributed by atoms with Crippen molar-refractivity contribution in [1.82, 2.24) is 10.2 Å². The van der Waals surface area contributed by atoms with Gasteiger partial charge < -0.3 is 15.3 Å². The van der Waals surface area contributed by atoms with E-state index in [4.69, 9.17) is 0 Å². The van der Waals surface area contributed by atoms with Crippen molar-refractivity contribution < 1.29 is 5.11 Å². The molecule has 1 rings (SSSR count). The third-order valence-corrected chi connectivity index (χ3v) is 3.94. The first-order valence-corrected chi connectivity index (χ1v) is 6.84. The van der Waals surface area contributed by atoms with E-state index in [-0.39, 0.29) is 0 Å². The molecule has 1 aromatic heterocycles. The second-order valence-corrected chi connectivity index (χ2v) is 6.25. The first-order valence-electron chi connectivity index (χ1n) is 5.96. The lowest BCUT2D eigenvalue weighted by atomic mass is 10.1. The highest BCUT2D eigenvalue weighted by atomic mass is 32.1. The summed E-state index contributed by atoms with van der Waals surface area (Å²) in [5.74, 6) is 0. The molecule has 0 bridgehead atoms. The fourth-order valence-corrected chi connectivity index (χ4v) is 2.99. The average Bonchev–Trinajstić information content (AvgIpc) is 2.59. The maximum Gasteiger partial charge on any atom is 0.0869 e. The molecule has 0 aliphatic carbocycles. The molecule has 2 atom stereocenters. The third-order valence-electron chi connectivity index (χ3n) is 2.74. The SMILES string of the molecule is Cc1ccsc1C(C)NCC(C)(O)CN(C)C. The van der Waals surface area contributed by atoms with E-state index in [2.05, 4.69) is 30.6 Å². The van der Waals surface area contributed by atoms with Crippen LogP contribution in [-0.4, -0.2) is 42.8 Å². The molecule has 2 unspecified atom stereocenters. The van der Waals surface area contributed by atoms with Crippen molar-refractivity contribution in [2.24, 2.45) is 0 Å². The smallest absolute Gasteiger partial charge is 0.0869 e. The second kappa shape index (κ2) is 5.96. The fourth-order valence-electron chi connectivity index (χ4n) is 2.03. The average molecular weight is 256 g/mol. The van der Waals surface area contributed by atoms with Gasteiger partial charge >= 0.3 is 0 Å². The van der Waals surface area contributed by atoms with Crippen molar-refractivity contribution in [3.8, 4) is 0 Å². The Kier molecular flexibility index (Phi) is 5.13. The van der Waals surface area contributed by atoms with E-state index in [1.807, 2.05) is 25.9 Å². The molecule has 3 nitrogen and oxygen atoms in total. The quantitative estimate of drug-likeness (QED) is 0.817. The van der Waals surface area contributed by atoms with Crippen LogP contribution in [0.15, 0.2) is 11.4 Å². The summed E-state index contributed by atoms with van der Waals surface area (Å²) >= 11 is 1.77. The Balaban J connectivity index is 2.48. The largest absolute Gasteiger partial charge is 0.388 e. The third kappa shape index (κ3) is 4.76. The van der Waals surface area contributed by atoms with Gasteiger partial charge in [-0.25, -0.2) is 0 Å². The molecule has 1 heterocycles. The molecular weight excluding hydrogens is 232 g/mol. The molecule has 0 saturated carbocycles. The summed E-state index contributed by atoms with van der Waals surface area (Å²) in [5, 5.41) is 15.7. The van der Waals surface area contributed by atoms with Gasteiger partial charge in [0, 0.05) is 24.0 Å². The van der Waals surface area contributed by atoms with Gasteiger partial charge in [0.2, 0.25) is 0 Å². The number of nitrogens with one attached hydrogen (secondary N) is 1. The van der Waals surface area contributed by atoms with Crippen LogP contribution in [0.4, 0.5) is 0 Å². The number of rotatable bonds is 6. The standard InChI is InChI=1S/C13H24N2OS/c1-10-6-7-17-12(10)11(2)14-8-13(3,16)9-15(4)5/h6-7,11,14,16H,8-9H2,1-5H3. The van der Waals surface area contributed by atoms with Crippen LogP contribution in [0.2, 0.25) is 0 Å². The van der Waals surface area contributed by atoms with Crippen LogP contribution >= 0.6 is 11.3 Å². The van der Waals surface area contributed by atoms with Crippen LogP contribution < -0.4 is 5.32 Å². The maximum atomic E-state index is 10.2. The Hall–Kier alpha value is -0.420. The molecule has 0 aliphatic heterocycles. The van der Waals surface area contributed by atoms with E-state index < -0.39 is 5.60 Å². The highest BCUT2D eigenvalue weighted by Gasteiger charge is 2.22. The number of aliphatic hydroxyl groups is 1. The summed E-state index contributed by atoms with van der Waals surface area (Å²) < 4.78 is 0. The van der Waals surface area contributed by atoms with E-state index in [0.29, 0.717) is 19.1 Å². The van der Waals surface area contributed by atoms with Gasteiger partial charge in [-0.05, 0) is 51.9 Å². The number of thiophene rings is 1. The Labute approximate surface area is 108 Å². The summed E-state index contributed by atoms with van der Waals surface area (Å²) in [6.07, 6.45) is 0. The van der Waals surface area contributed by atoms with Gasteiger partial charge in [0.25, 0.3) is 0 Å². The van der Waals surface area contributed by atoms with Gasteiger partial charge in [0.1, 0.15) is 0 Å². The topological polar surface area (TPSA) is 35.5 Å². The minimum Gasteiger partial charge on any atom is -0.388 e. The lowest BCUT2D eigenvalue weighted by molar-refractivity contribution is 0.0318. The number of aryl methyl sites for hydroxylation is 1. The molecule has 98 valence electrons. The van der Waals surface area contributed by atoms with Gasteiger partial charge in [-0.3, -0.25) is 0 Å². The van der Waals surface area contributed by atoms with Gasteiger partial charge in [0.05, 0.1) is 5.60 Å². The summed E-state index contributed by atoms with van der Waals surface area (Å²) in [7, 11) is 3.95. The van der Waals surface area contributed by atoms with Crippen molar-refractivity contribution in [2.75, 3.05) is 27.2 Å². The summed E-state index contributed by atoms with van der Waals surface area (Å²) in [5.41, 5.74) is 0.630. The number of hydrogen-bond donors (Lipinski definition) is 2. The van der Waals surface area contributed by atoms with Gasteiger partial charge in [0.15, 0.2) is 0 Å². The number of nitrogens with zero attached hydrogens (tertiary/aromatic N) is 1. The first-order chi connectivity index (χ1) is 7.82. The monoisotopic (exact) mass is 256 g/mol. The van der Waals surface area contributed by atoms with E-state index >= 15 is 0 Å². The molecule has 17 heavy (non-hydrogen) atoms. The van der Waals surface area contributed by atoms with Crippen molar-refractivity contribution in [2.45, 2.75) is 32.4 Å². The highest BCUT2D eigenvalue weighted by Crippen LogP contribution is 2.23. The predicted molar refractivity (Wildman–Crippen MR) is 74.7 cm³/mol. The molecule has 1 aromatic rings. The summed E-state index contributed by atoms with van der Waals surface area (Å²) in [4.78, 5) is 3.36. The zero-order chi connectivity index (χ0) is 13.1. The molecule has 0 aromatic carbocycles. The second-order valence-electron chi connectivity index (χ2n) is 5.31. The fraction of sp³-hybridized carbons (Fsp3) is 0.692. The van der Waals surface area contributed by atoms with E-state index in [0.717, 1.165) is 0 Å². The van der Waals surface area contributed by atoms with Crippen molar-refractivity contribution in [3.05, 3.63) is 21.9 Å². The molecule has 0 amide bonds. The zero-order valence-corrected chi connectivity index (χ0v) is 12.3. The lowest BCUT2D eigenvalue weighted by Crippen LogP contribution is -2.46. The van der Waals surface area contributed by atoms with Gasteiger partial charge in [-0.2, -0.15) is 0 Å². The van der Waals surface area contributed by atoms with E-state index in [1.54, 1.807) is 11.3 Å². The van der Waals surface area contributed by atoms with E-state index in [9.17, 15) is 5.11 Å². The highest BCUT2D eigenvalue weighted by molar-refractivity contribution is 7.10. The molecule has 0 aliphatic rings. The van der Waals surface area contributed by atoms with Crippen LogP contribution in [0.25, 0.3) is 0 Å². The molecule has 2 N–H and O–H groups in total. The van der Waals surface area contributed by atoms with Crippen LogP contribution in [0, 0.1) is 6.92 Å². The molecule has 0 spiro atoms. The molecule has 4 heteroatoms. The van der Waals surface area contributed by atoms with Crippen molar-refractivity contribution in [3.63, 3.8) is 0 Å². The van der Waals surface area contributed by atoms with Crippen molar-refractivity contribution >= 4 is 11.3 Å². The molecule has 0 radical (unpaired) electrons. The first kappa shape index (κ1) is 14.6. The normalized spacial score (nSPS) is 17.1. The lowest BCUT2D eigenvalue weighted by Gasteiger charge is -2.28. The zero-order valence-electron chi connectivity index (χ0n) is 11.4. The molecule has 0 saturated heterocycles. The Morgan fingerprint density at radius 1 is 1.53 bits per heavy atom. The van der Waals surface area contributed by atoms with Crippen LogP contribution in [-0.2, 0) is 0 Å². The minimum atomic E-state index is -0.692. The minimum absolute atomic E-state index is 0.295. The Morgan fingerprint density at radius 2 is 2.18 bits per heavy atom. The van der Waals surface area contributed by atoms with E-state index in [1.165, 1.54) is 10.4 Å². The predicted octanol–water partition coefficient (Wildman–Crippen LogP) is 2.02. The van der Waals surface area contributed by atoms with Gasteiger partial charge in [-0.15, -0.1) is 11.3 Å². The number of likely N-dealkylation sites (N-methyl/N-ethyl adjacent to an activating group) is 1. The summed E-state index contributed by atoms with van der Waals surface area (Å²) in [6, 6.07) is 2.43.